The Hall–Kier alpha value is -1.66. The second kappa shape index (κ2) is 7.06. The lowest BCUT2D eigenvalue weighted by Gasteiger charge is -2.10. The van der Waals surface area contributed by atoms with Crippen LogP contribution in [0, 0.1) is 7.14 Å². The maximum absolute atomic E-state index is 2.51. The Balaban J connectivity index is 1.71. The standard InChI is InChI=1S/C25H16I2/c26-24-13-18(16-7-3-1-4-8-16)11-20-21-12-19(17-9-5-2-6-10-17)14-25(27)23(21)15-22(20)24/h1-14H,15H2. The van der Waals surface area contributed by atoms with E-state index in [1.807, 2.05) is 0 Å². The molecule has 0 bridgehead atoms. The summed E-state index contributed by atoms with van der Waals surface area (Å²) in [4.78, 5) is 0. The summed E-state index contributed by atoms with van der Waals surface area (Å²) in [5, 5.41) is 0. The topological polar surface area (TPSA) is 0 Å². The normalized spacial score (nSPS) is 11.9. The molecule has 0 N–H and O–H groups in total. The Morgan fingerprint density at radius 1 is 0.481 bits per heavy atom. The van der Waals surface area contributed by atoms with E-state index in [1.54, 1.807) is 0 Å². The smallest absolute Gasteiger partial charge is 0.0178 e. The molecule has 4 aromatic carbocycles. The zero-order valence-electron chi connectivity index (χ0n) is 14.5. The van der Waals surface area contributed by atoms with Crippen LogP contribution in [0.1, 0.15) is 11.1 Å². The van der Waals surface area contributed by atoms with E-state index in [9.17, 15) is 0 Å². The minimum atomic E-state index is 1.03. The lowest BCUT2D eigenvalue weighted by molar-refractivity contribution is 1.23. The first-order chi connectivity index (χ1) is 13.2. The van der Waals surface area contributed by atoms with Gasteiger partial charge in [0.1, 0.15) is 0 Å². The number of rotatable bonds is 2. The number of hydrogen-bond acceptors (Lipinski definition) is 0. The minimum absolute atomic E-state index is 1.03. The minimum Gasteiger partial charge on any atom is -0.0622 e. The fourth-order valence-corrected chi connectivity index (χ4v) is 5.52. The van der Waals surface area contributed by atoms with Crippen LogP contribution in [0.15, 0.2) is 84.9 Å². The zero-order valence-corrected chi connectivity index (χ0v) is 18.9. The summed E-state index contributed by atoms with van der Waals surface area (Å²) in [6.07, 6.45) is 1.03. The van der Waals surface area contributed by atoms with E-state index < -0.39 is 0 Å². The molecule has 0 nitrogen and oxygen atoms in total. The molecular weight excluding hydrogens is 554 g/mol. The molecule has 130 valence electrons. The van der Waals surface area contributed by atoms with Crippen LogP contribution in [0.2, 0.25) is 0 Å². The Labute approximate surface area is 186 Å². The average Bonchev–Trinajstić information content (AvgIpc) is 3.09. The van der Waals surface area contributed by atoms with Crippen molar-refractivity contribution in [3.63, 3.8) is 0 Å². The van der Waals surface area contributed by atoms with Gasteiger partial charge in [-0.2, -0.15) is 0 Å². The highest BCUT2D eigenvalue weighted by atomic mass is 127. The van der Waals surface area contributed by atoms with E-state index in [4.69, 9.17) is 0 Å². The van der Waals surface area contributed by atoms with E-state index in [0.717, 1.165) is 6.42 Å². The molecule has 2 heteroatoms. The van der Waals surface area contributed by atoms with Gasteiger partial charge in [0.2, 0.25) is 0 Å². The Morgan fingerprint density at radius 3 is 1.30 bits per heavy atom. The van der Waals surface area contributed by atoms with Gasteiger partial charge >= 0.3 is 0 Å². The van der Waals surface area contributed by atoms with Gasteiger partial charge in [-0.1, -0.05) is 60.7 Å². The fraction of sp³-hybridized carbons (Fsp3) is 0.0400. The van der Waals surface area contributed by atoms with Crippen molar-refractivity contribution in [3.05, 3.63) is 103 Å². The third kappa shape index (κ3) is 3.13. The van der Waals surface area contributed by atoms with E-state index in [2.05, 4.69) is 130 Å². The monoisotopic (exact) mass is 570 g/mol. The lowest BCUT2D eigenvalue weighted by Crippen LogP contribution is -1.89. The van der Waals surface area contributed by atoms with Gasteiger partial charge in [-0.3, -0.25) is 0 Å². The molecule has 4 aromatic rings. The average molecular weight is 570 g/mol. The van der Waals surface area contributed by atoms with Crippen LogP contribution >= 0.6 is 45.2 Å². The van der Waals surface area contributed by atoms with Gasteiger partial charge in [-0.15, -0.1) is 0 Å². The largest absolute Gasteiger partial charge is 0.0622 e. The van der Waals surface area contributed by atoms with Crippen LogP contribution in [0.3, 0.4) is 0 Å². The van der Waals surface area contributed by atoms with Crippen LogP contribution in [0.4, 0.5) is 0 Å². The second-order valence-electron chi connectivity index (χ2n) is 6.88. The molecule has 0 aromatic heterocycles. The second-order valence-corrected chi connectivity index (χ2v) is 9.20. The number of benzene rings is 4. The van der Waals surface area contributed by atoms with E-state index in [0.29, 0.717) is 0 Å². The van der Waals surface area contributed by atoms with E-state index in [-0.39, 0.29) is 0 Å². The molecular formula is C25H16I2. The Kier molecular flexibility index (Phi) is 4.56. The first-order valence-electron chi connectivity index (χ1n) is 8.97. The molecule has 0 unspecified atom stereocenters. The van der Waals surface area contributed by atoms with Crippen molar-refractivity contribution < 1.29 is 0 Å². The highest BCUT2D eigenvalue weighted by Gasteiger charge is 2.24. The van der Waals surface area contributed by atoms with Crippen molar-refractivity contribution in [3.8, 4) is 33.4 Å². The van der Waals surface area contributed by atoms with Crippen LogP contribution < -0.4 is 0 Å². The third-order valence-corrected chi connectivity index (χ3v) is 7.17. The summed E-state index contributed by atoms with van der Waals surface area (Å²) in [5.74, 6) is 0. The molecule has 0 fully saturated rings. The van der Waals surface area contributed by atoms with E-state index in [1.165, 1.54) is 51.6 Å². The van der Waals surface area contributed by atoms with Crippen molar-refractivity contribution in [2.24, 2.45) is 0 Å². The van der Waals surface area contributed by atoms with Gasteiger partial charge in [-0.25, -0.2) is 0 Å². The van der Waals surface area contributed by atoms with Gasteiger partial charge in [-0.05, 0) is 114 Å². The van der Waals surface area contributed by atoms with Crippen molar-refractivity contribution in [2.45, 2.75) is 6.42 Å². The molecule has 0 saturated heterocycles. The highest BCUT2D eigenvalue weighted by Crippen LogP contribution is 2.44. The fourth-order valence-electron chi connectivity index (χ4n) is 3.88. The van der Waals surface area contributed by atoms with Crippen LogP contribution in [0.5, 0.6) is 0 Å². The molecule has 0 saturated carbocycles. The first kappa shape index (κ1) is 17.4. The Morgan fingerprint density at radius 2 is 0.889 bits per heavy atom. The molecule has 5 rings (SSSR count). The summed E-state index contributed by atoms with van der Waals surface area (Å²) in [6.45, 7) is 0. The third-order valence-electron chi connectivity index (χ3n) is 5.25. The molecule has 0 atom stereocenters. The molecule has 0 amide bonds. The predicted octanol–water partition coefficient (Wildman–Crippen LogP) is 7.80. The van der Waals surface area contributed by atoms with Crippen LogP contribution in [-0.4, -0.2) is 0 Å². The quantitative estimate of drug-likeness (QED) is 0.190. The van der Waals surface area contributed by atoms with Crippen LogP contribution in [-0.2, 0) is 6.42 Å². The van der Waals surface area contributed by atoms with E-state index >= 15 is 0 Å². The first-order valence-corrected chi connectivity index (χ1v) is 11.1. The Bertz CT molecular complexity index is 1050. The maximum atomic E-state index is 2.51. The molecule has 1 aliphatic rings. The van der Waals surface area contributed by atoms with Gasteiger partial charge in [0.15, 0.2) is 0 Å². The molecule has 27 heavy (non-hydrogen) atoms. The van der Waals surface area contributed by atoms with Gasteiger partial charge in [0.05, 0.1) is 0 Å². The van der Waals surface area contributed by atoms with Crippen molar-refractivity contribution in [2.75, 3.05) is 0 Å². The maximum Gasteiger partial charge on any atom is 0.0178 e. The van der Waals surface area contributed by atoms with Crippen molar-refractivity contribution in [1.29, 1.82) is 0 Å². The lowest BCUT2D eigenvalue weighted by atomic mass is 9.96. The number of fused-ring (bicyclic) bond motifs is 3. The zero-order chi connectivity index (χ0) is 18.4. The summed E-state index contributed by atoms with van der Waals surface area (Å²) >= 11 is 5.01. The predicted molar refractivity (Wildman–Crippen MR) is 131 cm³/mol. The summed E-state index contributed by atoms with van der Waals surface area (Å²) in [7, 11) is 0. The van der Waals surface area contributed by atoms with Gasteiger partial charge in [0, 0.05) is 13.6 Å². The summed E-state index contributed by atoms with van der Waals surface area (Å²) in [5.41, 5.74) is 10.9. The molecule has 1 aliphatic carbocycles. The molecule has 0 aliphatic heterocycles. The molecule has 0 radical (unpaired) electrons. The SMILES string of the molecule is Ic1cc(-c2ccccc2)cc2c1Cc1c(I)cc(-c3ccccc3)cc1-2. The van der Waals surface area contributed by atoms with Crippen LogP contribution in [0.25, 0.3) is 33.4 Å². The van der Waals surface area contributed by atoms with Crippen molar-refractivity contribution >= 4 is 45.2 Å². The summed E-state index contributed by atoms with van der Waals surface area (Å²) in [6, 6.07) is 30.8. The van der Waals surface area contributed by atoms with Gasteiger partial charge in [0.25, 0.3) is 0 Å². The van der Waals surface area contributed by atoms with Crippen molar-refractivity contribution in [1.82, 2.24) is 0 Å². The number of hydrogen-bond donors (Lipinski definition) is 0. The summed E-state index contributed by atoms with van der Waals surface area (Å²) < 4.78 is 2.72. The molecule has 0 spiro atoms. The highest BCUT2D eigenvalue weighted by molar-refractivity contribution is 14.1. The number of halogens is 2. The molecule has 0 heterocycles. The van der Waals surface area contributed by atoms with Gasteiger partial charge < -0.3 is 0 Å².